The molecule has 1 aromatic carbocycles. The lowest BCUT2D eigenvalue weighted by Gasteiger charge is -2.22. The van der Waals surface area contributed by atoms with Crippen LogP contribution in [0.5, 0.6) is 5.75 Å². The number of carbonyl (C=O) groups is 1. The van der Waals surface area contributed by atoms with Crippen LogP contribution >= 0.6 is 24.0 Å². The maximum Gasteiger partial charge on any atom is 0.407 e. The van der Waals surface area contributed by atoms with E-state index in [0.29, 0.717) is 26.2 Å². The summed E-state index contributed by atoms with van der Waals surface area (Å²) in [6, 6.07) is 9.73. The van der Waals surface area contributed by atoms with Crippen molar-refractivity contribution in [2.75, 3.05) is 40.3 Å². The monoisotopic (exact) mass is 492 g/mol. The summed E-state index contributed by atoms with van der Waals surface area (Å²) in [7, 11) is 3.71. The summed E-state index contributed by atoms with van der Waals surface area (Å²) >= 11 is 0. The van der Waals surface area contributed by atoms with E-state index < -0.39 is 11.7 Å². The van der Waals surface area contributed by atoms with Gasteiger partial charge < -0.3 is 25.0 Å². The molecule has 1 amide bonds. The van der Waals surface area contributed by atoms with E-state index in [2.05, 4.69) is 15.6 Å². The van der Waals surface area contributed by atoms with Gasteiger partial charge in [0.05, 0.1) is 6.54 Å². The van der Waals surface area contributed by atoms with Gasteiger partial charge in [-0.05, 0) is 39.3 Å². The Labute approximate surface area is 179 Å². The van der Waals surface area contributed by atoms with E-state index >= 15 is 0 Å². The van der Waals surface area contributed by atoms with Crippen molar-refractivity contribution in [1.82, 2.24) is 15.5 Å². The zero-order chi connectivity index (χ0) is 19.4. The number of carbonyl (C=O) groups excluding carboxylic acids is 1. The van der Waals surface area contributed by atoms with Crippen molar-refractivity contribution in [2.24, 2.45) is 4.99 Å². The van der Waals surface area contributed by atoms with Crippen LogP contribution in [-0.2, 0) is 4.74 Å². The number of para-hydroxylation sites is 1. The minimum absolute atomic E-state index is 0. The number of amides is 1. The normalized spacial score (nSPS) is 11.2. The van der Waals surface area contributed by atoms with E-state index in [9.17, 15) is 4.79 Å². The van der Waals surface area contributed by atoms with E-state index in [0.717, 1.165) is 18.1 Å². The van der Waals surface area contributed by atoms with Crippen LogP contribution in [0.25, 0.3) is 0 Å². The Morgan fingerprint density at radius 2 is 1.78 bits per heavy atom. The summed E-state index contributed by atoms with van der Waals surface area (Å²) in [6.07, 6.45) is 0.379. The van der Waals surface area contributed by atoms with Gasteiger partial charge in [-0.3, -0.25) is 4.99 Å². The number of aliphatic imine (C=N–C) groups is 1. The molecule has 0 atom stereocenters. The van der Waals surface area contributed by atoms with Crippen LogP contribution in [0.3, 0.4) is 0 Å². The highest BCUT2D eigenvalue weighted by Gasteiger charge is 2.15. The molecule has 0 aliphatic carbocycles. The second-order valence-corrected chi connectivity index (χ2v) is 6.84. The van der Waals surface area contributed by atoms with Crippen LogP contribution in [0.15, 0.2) is 35.3 Å². The quantitative estimate of drug-likeness (QED) is 0.253. The maximum atomic E-state index is 11.6. The second-order valence-electron chi connectivity index (χ2n) is 6.84. The Bertz CT molecular complexity index is 562. The van der Waals surface area contributed by atoms with Crippen LogP contribution < -0.4 is 15.4 Å². The number of rotatable bonds is 8. The van der Waals surface area contributed by atoms with E-state index in [1.165, 1.54) is 0 Å². The fourth-order valence-corrected chi connectivity index (χ4v) is 2.10. The van der Waals surface area contributed by atoms with Gasteiger partial charge in [0.25, 0.3) is 0 Å². The van der Waals surface area contributed by atoms with Gasteiger partial charge >= 0.3 is 6.09 Å². The molecule has 2 N–H and O–H groups in total. The molecule has 0 saturated heterocycles. The van der Waals surface area contributed by atoms with Crippen LogP contribution in [0.1, 0.15) is 27.2 Å². The third kappa shape index (κ3) is 12.3. The lowest BCUT2D eigenvalue weighted by Crippen LogP contribution is -2.42. The highest BCUT2D eigenvalue weighted by Crippen LogP contribution is 2.08. The lowest BCUT2D eigenvalue weighted by molar-refractivity contribution is 0.0527. The Kier molecular flexibility index (Phi) is 12.6. The van der Waals surface area contributed by atoms with Crippen molar-refractivity contribution >= 4 is 36.0 Å². The molecule has 0 saturated carbocycles. The Balaban J connectivity index is 0.00000676. The number of ether oxygens (including phenoxy) is 2. The molecule has 0 aromatic heterocycles. The standard InChI is InChI=1S/C19H32N4O3.HI/c1-19(2,3)26-18(24)22-13-9-12-21-17(20-4)23(5)14-15-25-16-10-7-6-8-11-16;/h6-8,10-11H,9,12-15H2,1-5H3,(H,20,21)(H,22,24);1H. The molecule has 0 aliphatic heterocycles. The summed E-state index contributed by atoms with van der Waals surface area (Å²) in [4.78, 5) is 17.8. The number of nitrogens with one attached hydrogen (secondary N) is 2. The van der Waals surface area contributed by atoms with Crippen LogP contribution in [0.4, 0.5) is 4.79 Å². The molecule has 0 bridgehead atoms. The molecule has 1 rings (SSSR count). The van der Waals surface area contributed by atoms with Crippen molar-refractivity contribution in [3.05, 3.63) is 30.3 Å². The topological polar surface area (TPSA) is 75.2 Å². The average Bonchev–Trinajstić information content (AvgIpc) is 2.57. The molecule has 0 radical (unpaired) electrons. The van der Waals surface area contributed by atoms with E-state index in [-0.39, 0.29) is 24.0 Å². The predicted molar refractivity (Wildman–Crippen MR) is 120 cm³/mol. The lowest BCUT2D eigenvalue weighted by atomic mass is 10.2. The summed E-state index contributed by atoms with van der Waals surface area (Å²) < 4.78 is 10.9. The fraction of sp³-hybridized carbons (Fsp3) is 0.579. The summed E-state index contributed by atoms with van der Waals surface area (Å²) in [5, 5.41) is 6.01. The largest absolute Gasteiger partial charge is 0.492 e. The second kappa shape index (κ2) is 13.5. The fourth-order valence-electron chi connectivity index (χ4n) is 2.10. The summed E-state index contributed by atoms with van der Waals surface area (Å²) in [5.74, 6) is 1.65. The van der Waals surface area contributed by atoms with Crippen molar-refractivity contribution in [1.29, 1.82) is 0 Å². The third-order valence-corrected chi connectivity index (χ3v) is 3.32. The molecule has 0 aliphatic rings. The van der Waals surface area contributed by atoms with Gasteiger partial charge in [-0.2, -0.15) is 0 Å². The van der Waals surface area contributed by atoms with Crippen molar-refractivity contribution in [2.45, 2.75) is 32.8 Å². The highest BCUT2D eigenvalue weighted by molar-refractivity contribution is 14.0. The number of halogens is 1. The molecule has 0 spiro atoms. The molecule has 0 fully saturated rings. The zero-order valence-corrected chi connectivity index (χ0v) is 19.3. The number of benzene rings is 1. The number of alkyl carbamates (subject to hydrolysis) is 1. The highest BCUT2D eigenvalue weighted by atomic mass is 127. The van der Waals surface area contributed by atoms with Gasteiger partial charge in [-0.15, -0.1) is 24.0 Å². The van der Waals surface area contributed by atoms with Crippen molar-refractivity contribution in [3.63, 3.8) is 0 Å². The Morgan fingerprint density at radius 3 is 2.37 bits per heavy atom. The number of guanidine groups is 1. The molecular formula is C19H33IN4O3. The minimum atomic E-state index is -0.477. The van der Waals surface area contributed by atoms with Crippen LogP contribution in [-0.4, -0.2) is 62.9 Å². The van der Waals surface area contributed by atoms with Crippen LogP contribution in [0, 0.1) is 0 Å². The van der Waals surface area contributed by atoms with Gasteiger partial charge in [0.15, 0.2) is 5.96 Å². The molecule has 8 heteroatoms. The molecule has 0 unspecified atom stereocenters. The van der Waals surface area contributed by atoms with E-state index in [4.69, 9.17) is 9.47 Å². The smallest absolute Gasteiger partial charge is 0.407 e. The first-order valence-electron chi connectivity index (χ1n) is 8.88. The predicted octanol–water partition coefficient (Wildman–Crippen LogP) is 3.11. The van der Waals surface area contributed by atoms with Gasteiger partial charge in [0.1, 0.15) is 18.0 Å². The van der Waals surface area contributed by atoms with Gasteiger partial charge in [0.2, 0.25) is 0 Å². The SMILES string of the molecule is CN=C(NCCCNC(=O)OC(C)(C)C)N(C)CCOc1ccccc1.I. The average molecular weight is 492 g/mol. The number of nitrogens with zero attached hydrogens (tertiary/aromatic N) is 2. The van der Waals surface area contributed by atoms with E-state index in [1.807, 2.05) is 63.1 Å². The summed E-state index contributed by atoms with van der Waals surface area (Å²) in [5.41, 5.74) is -0.477. The maximum absolute atomic E-state index is 11.6. The van der Waals surface area contributed by atoms with Gasteiger partial charge in [0, 0.05) is 27.2 Å². The third-order valence-electron chi connectivity index (χ3n) is 3.32. The van der Waals surface area contributed by atoms with Gasteiger partial charge in [-0.1, -0.05) is 18.2 Å². The first-order valence-corrected chi connectivity index (χ1v) is 8.88. The molecule has 154 valence electrons. The molecule has 7 nitrogen and oxygen atoms in total. The molecule has 1 aromatic rings. The number of hydrogen-bond acceptors (Lipinski definition) is 4. The molecular weight excluding hydrogens is 459 g/mol. The molecule has 0 heterocycles. The first-order chi connectivity index (χ1) is 12.3. The Hall–Kier alpha value is -1.71. The van der Waals surface area contributed by atoms with Crippen molar-refractivity contribution in [3.8, 4) is 5.75 Å². The number of hydrogen-bond donors (Lipinski definition) is 2. The zero-order valence-electron chi connectivity index (χ0n) is 16.9. The number of likely N-dealkylation sites (N-methyl/N-ethyl adjacent to an activating group) is 1. The molecule has 27 heavy (non-hydrogen) atoms. The summed E-state index contributed by atoms with van der Waals surface area (Å²) in [6.45, 7) is 8.05. The van der Waals surface area contributed by atoms with E-state index in [1.54, 1.807) is 7.05 Å². The minimum Gasteiger partial charge on any atom is -0.492 e. The first kappa shape index (κ1) is 25.3. The van der Waals surface area contributed by atoms with Gasteiger partial charge in [-0.25, -0.2) is 4.79 Å². The Morgan fingerprint density at radius 1 is 1.15 bits per heavy atom. The van der Waals surface area contributed by atoms with Crippen molar-refractivity contribution < 1.29 is 14.3 Å². The van der Waals surface area contributed by atoms with Crippen LogP contribution in [0.2, 0.25) is 0 Å².